The Balaban J connectivity index is 2.23. The van der Waals surface area contributed by atoms with Gasteiger partial charge in [-0.15, -0.1) is 22.9 Å². The highest BCUT2D eigenvalue weighted by molar-refractivity contribution is 7.18. The van der Waals surface area contributed by atoms with Crippen LogP contribution in [0.5, 0.6) is 0 Å². The Bertz CT molecular complexity index is 483. The summed E-state index contributed by atoms with van der Waals surface area (Å²) in [4.78, 5) is 10.8. The zero-order chi connectivity index (χ0) is 11.5. The van der Waals surface area contributed by atoms with Gasteiger partial charge in [-0.05, 0) is 19.4 Å². The van der Waals surface area contributed by atoms with E-state index in [0.717, 1.165) is 29.0 Å². The summed E-state index contributed by atoms with van der Waals surface area (Å²) in [5.74, 6) is 0.883. The van der Waals surface area contributed by atoms with E-state index in [1.807, 2.05) is 0 Å². The number of aromatic nitrogens is 2. The minimum atomic E-state index is 0.143. The highest BCUT2D eigenvalue weighted by Crippen LogP contribution is 2.27. The van der Waals surface area contributed by atoms with Gasteiger partial charge >= 0.3 is 0 Å². The van der Waals surface area contributed by atoms with E-state index in [1.165, 1.54) is 4.88 Å². The van der Waals surface area contributed by atoms with Crippen molar-refractivity contribution in [2.45, 2.75) is 25.6 Å². The number of aryl methyl sites for hydroxylation is 1. The summed E-state index contributed by atoms with van der Waals surface area (Å²) < 4.78 is 0. The van der Waals surface area contributed by atoms with E-state index in [9.17, 15) is 0 Å². The molecule has 0 aliphatic heterocycles. The van der Waals surface area contributed by atoms with Crippen LogP contribution in [0.25, 0.3) is 10.2 Å². The molecule has 16 heavy (non-hydrogen) atoms. The molecule has 0 aromatic carbocycles. The van der Waals surface area contributed by atoms with E-state index in [-0.39, 0.29) is 5.38 Å². The molecule has 1 unspecified atom stereocenters. The summed E-state index contributed by atoms with van der Waals surface area (Å²) >= 11 is 7.75. The Morgan fingerprint density at radius 1 is 1.50 bits per heavy atom. The first kappa shape index (κ1) is 11.6. The maximum absolute atomic E-state index is 6.07. The van der Waals surface area contributed by atoms with Gasteiger partial charge in [0.25, 0.3) is 0 Å². The second kappa shape index (κ2) is 4.97. The lowest BCUT2D eigenvalue weighted by Crippen LogP contribution is -2.14. The van der Waals surface area contributed by atoms with Crippen molar-refractivity contribution in [3.05, 3.63) is 17.3 Å². The van der Waals surface area contributed by atoms with Gasteiger partial charge in [0, 0.05) is 11.4 Å². The highest BCUT2D eigenvalue weighted by Gasteiger charge is 2.07. The Morgan fingerprint density at radius 2 is 2.31 bits per heavy atom. The van der Waals surface area contributed by atoms with Crippen molar-refractivity contribution >= 4 is 39.0 Å². The average molecular weight is 256 g/mol. The number of nitrogens with zero attached hydrogens (tertiary/aromatic N) is 2. The molecule has 0 saturated carbocycles. The van der Waals surface area contributed by atoms with Gasteiger partial charge in [-0.2, -0.15) is 0 Å². The number of nitrogens with one attached hydrogen (secondary N) is 1. The molecular formula is C11H14ClN3S. The number of halogens is 1. The summed E-state index contributed by atoms with van der Waals surface area (Å²) in [6, 6.07) is 2.11. The lowest BCUT2D eigenvalue weighted by atomic mass is 10.3. The minimum absolute atomic E-state index is 0.143. The smallest absolute Gasteiger partial charge is 0.138 e. The SMILES string of the molecule is CCC(Cl)CNc1ncnc2sc(C)cc12. The van der Waals surface area contributed by atoms with Crippen LogP contribution in [0, 0.1) is 6.92 Å². The molecule has 2 aromatic rings. The first-order valence-corrected chi connectivity index (χ1v) is 6.55. The second-order valence-electron chi connectivity index (χ2n) is 3.68. The van der Waals surface area contributed by atoms with E-state index in [2.05, 4.69) is 35.2 Å². The number of hydrogen-bond acceptors (Lipinski definition) is 4. The van der Waals surface area contributed by atoms with Crippen molar-refractivity contribution in [2.24, 2.45) is 0 Å². The molecule has 0 aliphatic rings. The van der Waals surface area contributed by atoms with Crippen molar-refractivity contribution in [1.29, 1.82) is 0 Å². The Hall–Kier alpha value is -0.870. The van der Waals surface area contributed by atoms with E-state index in [0.29, 0.717) is 0 Å². The molecule has 1 atom stereocenters. The summed E-state index contributed by atoms with van der Waals surface area (Å²) in [5, 5.41) is 4.51. The molecular weight excluding hydrogens is 242 g/mol. The van der Waals surface area contributed by atoms with Crippen LogP contribution in [0.4, 0.5) is 5.82 Å². The van der Waals surface area contributed by atoms with E-state index in [4.69, 9.17) is 11.6 Å². The third kappa shape index (κ3) is 2.44. The van der Waals surface area contributed by atoms with Gasteiger partial charge in [-0.3, -0.25) is 0 Å². The number of anilines is 1. The third-order valence-electron chi connectivity index (χ3n) is 2.39. The maximum Gasteiger partial charge on any atom is 0.138 e. The summed E-state index contributed by atoms with van der Waals surface area (Å²) in [6.07, 6.45) is 2.54. The molecule has 86 valence electrons. The minimum Gasteiger partial charge on any atom is -0.368 e. The Kier molecular flexibility index (Phi) is 3.61. The topological polar surface area (TPSA) is 37.8 Å². The molecule has 0 fully saturated rings. The van der Waals surface area contributed by atoms with Crippen molar-refractivity contribution in [3.63, 3.8) is 0 Å². The monoisotopic (exact) mass is 255 g/mol. The standard InChI is InChI=1S/C11H14ClN3S/c1-3-8(12)5-13-10-9-4-7(2)16-11(9)15-6-14-10/h4,6,8H,3,5H2,1-2H3,(H,13,14,15). The Morgan fingerprint density at radius 3 is 3.06 bits per heavy atom. The number of thiophene rings is 1. The molecule has 0 aliphatic carbocycles. The second-order valence-corrected chi connectivity index (χ2v) is 5.54. The summed E-state index contributed by atoms with van der Waals surface area (Å²) in [5.41, 5.74) is 0. The van der Waals surface area contributed by atoms with Gasteiger partial charge in [-0.25, -0.2) is 9.97 Å². The first-order valence-electron chi connectivity index (χ1n) is 5.29. The van der Waals surface area contributed by atoms with E-state index < -0.39 is 0 Å². The van der Waals surface area contributed by atoms with Crippen LogP contribution < -0.4 is 5.32 Å². The first-order chi connectivity index (χ1) is 7.70. The molecule has 0 amide bonds. The third-order valence-corrected chi connectivity index (χ3v) is 3.81. The number of rotatable bonds is 4. The zero-order valence-corrected chi connectivity index (χ0v) is 10.9. The molecule has 0 bridgehead atoms. The lowest BCUT2D eigenvalue weighted by molar-refractivity contribution is 0.841. The fraction of sp³-hybridized carbons (Fsp3) is 0.455. The highest BCUT2D eigenvalue weighted by atomic mass is 35.5. The quantitative estimate of drug-likeness (QED) is 0.851. The van der Waals surface area contributed by atoms with Crippen LogP contribution in [0.15, 0.2) is 12.4 Å². The van der Waals surface area contributed by atoms with Crippen LogP contribution in [0.2, 0.25) is 0 Å². The van der Waals surface area contributed by atoms with Gasteiger partial charge in [-0.1, -0.05) is 6.92 Å². The summed E-state index contributed by atoms with van der Waals surface area (Å²) in [6.45, 7) is 4.88. The fourth-order valence-electron chi connectivity index (χ4n) is 1.47. The number of alkyl halides is 1. The van der Waals surface area contributed by atoms with Crippen LogP contribution in [-0.4, -0.2) is 21.9 Å². The van der Waals surface area contributed by atoms with Crippen molar-refractivity contribution in [3.8, 4) is 0 Å². The van der Waals surface area contributed by atoms with E-state index in [1.54, 1.807) is 17.7 Å². The van der Waals surface area contributed by atoms with Crippen LogP contribution >= 0.6 is 22.9 Å². The van der Waals surface area contributed by atoms with Gasteiger partial charge < -0.3 is 5.32 Å². The van der Waals surface area contributed by atoms with Crippen molar-refractivity contribution in [2.75, 3.05) is 11.9 Å². The average Bonchev–Trinajstić information content (AvgIpc) is 2.66. The zero-order valence-electron chi connectivity index (χ0n) is 9.33. The van der Waals surface area contributed by atoms with Gasteiger partial charge in [0.1, 0.15) is 17.0 Å². The van der Waals surface area contributed by atoms with Crippen molar-refractivity contribution in [1.82, 2.24) is 9.97 Å². The van der Waals surface area contributed by atoms with Crippen LogP contribution in [0.3, 0.4) is 0 Å². The predicted octanol–water partition coefficient (Wildman–Crippen LogP) is 3.43. The van der Waals surface area contributed by atoms with Gasteiger partial charge in [0.05, 0.1) is 10.8 Å². The molecule has 2 aromatic heterocycles. The molecule has 2 rings (SSSR count). The number of hydrogen-bond donors (Lipinski definition) is 1. The molecule has 1 N–H and O–H groups in total. The summed E-state index contributed by atoms with van der Waals surface area (Å²) in [7, 11) is 0. The Labute approximate surface area is 104 Å². The van der Waals surface area contributed by atoms with Crippen molar-refractivity contribution < 1.29 is 0 Å². The largest absolute Gasteiger partial charge is 0.368 e. The number of fused-ring (bicyclic) bond motifs is 1. The fourth-order valence-corrected chi connectivity index (χ4v) is 2.39. The molecule has 0 saturated heterocycles. The normalized spacial score (nSPS) is 12.9. The van der Waals surface area contributed by atoms with Crippen LogP contribution in [-0.2, 0) is 0 Å². The predicted molar refractivity (Wildman–Crippen MR) is 70.6 cm³/mol. The molecule has 3 nitrogen and oxygen atoms in total. The van der Waals surface area contributed by atoms with Gasteiger partial charge in [0.15, 0.2) is 0 Å². The van der Waals surface area contributed by atoms with E-state index >= 15 is 0 Å². The molecule has 0 spiro atoms. The molecule has 2 heterocycles. The molecule has 5 heteroatoms. The van der Waals surface area contributed by atoms with Crippen LogP contribution in [0.1, 0.15) is 18.2 Å². The van der Waals surface area contributed by atoms with Gasteiger partial charge in [0.2, 0.25) is 0 Å². The maximum atomic E-state index is 6.07. The molecule has 0 radical (unpaired) electrons. The lowest BCUT2D eigenvalue weighted by Gasteiger charge is -2.09.